The van der Waals surface area contributed by atoms with Gasteiger partial charge in [-0.15, -0.1) is 11.3 Å². The number of carbonyl (C=O) groups is 1. The molecule has 1 heterocycles. The molecule has 0 saturated heterocycles. The summed E-state index contributed by atoms with van der Waals surface area (Å²) in [6, 6.07) is 10.0. The topological polar surface area (TPSA) is 33.2 Å². The fourth-order valence-electron chi connectivity index (χ4n) is 2.41. The zero-order chi connectivity index (χ0) is 14.7. The lowest BCUT2D eigenvalue weighted by Gasteiger charge is -2.20. The SMILES string of the molecule is CCCN(CC1CC1)C(=O)c1csc(-c2ccccc2)n1. The molecule has 1 aliphatic rings. The van der Waals surface area contributed by atoms with Crippen molar-refractivity contribution < 1.29 is 4.79 Å². The molecule has 1 aliphatic carbocycles. The Bertz CT molecular complexity index is 604. The molecular formula is C17H20N2OS. The predicted molar refractivity (Wildman–Crippen MR) is 86.5 cm³/mol. The number of amides is 1. The van der Waals surface area contributed by atoms with Crippen LogP contribution in [0.5, 0.6) is 0 Å². The fraction of sp³-hybridized carbons (Fsp3) is 0.412. The van der Waals surface area contributed by atoms with Gasteiger partial charge in [0.25, 0.3) is 5.91 Å². The number of hydrogen-bond acceptors (Lipinski definition) is 3. The van der Waals surface area contributed by atoms with E-state index in [2.05, 4.69) is 11.9 Å². The van der Waals surface area contributed by atoms with Crippen LogP contribution in [0.15, 0.2) is 35.7 Å². The highest BCUT2D eigenvalue weighted by atomic mass is 32.1. The van der Waals surface area contributed by atoms with Gasteiger partial charge in [-0.25, -0.2) is 4.98 Å². The zero-order valence-corrected chi connectivity index (χ0v) is 13.1. The van der Waals surface area contributed by atoms with Gasteiger partial charge in [0.1, 0.15) is 10.7 Å². The van der Waals surface area contributed by atoms with E-state index in [4.69, 9.17) is 0 Å². The molecule has 0 atom stereocenters. The monoisotopic (exact) mass is 300 g/mol. The molecule has 0 spiro atoms. The van der Waals surface area contributed by atoms with E-state index < -0.39 is 0 Å². The minimum atomic E-state index is 0.0854. The molecule has 0 bridgehead atoms. The summed E-state index contributed by atoms with van der Waals surface area (Å²) in [5.41, 5.74) is 1.67. The van der Waals surface area contributed by atoms with E-state index in [-0.39, 0.29) is 5.91 Å². The average Bonchev–Trinajstić information content (AvgIpc) is 3.20. The van der Waals surface area contributed by atoms with Crippen molar-refractivity contribution in [2.24, 2.45) is 5.92 Å². The lowest BCUT2D eigenvalue weighted by molar-refractivity contribution is 0.0742. The third-order valence-electron chi connectivity index (χ3n) is 3.70. The van der Waals surface area contributed by atoms with Gasteiger partial charge < -0.3 is 4.90 Å². The summed E-state index contributed by atoms with van der Waals surface area (Å²) in [7, 11) is 0. The maximum atomic E-state index is 12.6. The molecule has 3 rings (SSSR count). The van der Waals surface area contributed by atoms with Crippen molar-refractivity contribution in [3.8, 4) is 10.6 Å². The van der Waals surface area contributed by atoms with Crippen molar-refractivity contribution >= 4 is 17.2 Å². The first-order valence-corrected chi connectivity index (χ1v) is 8.46. The Labute approximate surface area is 129 Å². The van der Waals surface area contributed by atoms with E-state index in [0.29, 0.717) is 11.6 Å². The maximum absolute atomic E-state index is 12.6. The molecule has 1 aromatic heterocycles. The lowest BCUT2D eigenvalue weighted by Crippen LogP contribution is -2.33. The quantitative estimate of drug-likeness (QED) is 0.805. The molecule has 1 saturated carbocycles. The van der Waals surface area contributed by atoms with Crippen LogP contribution in [-0.2, 0) is 0 Å². The molecule has 0 radical (unpaired) electrons. The number of benzene rings is 1. The summed E-state index contributed by atoms with van der Waals surface area (Å²) in [5, 5.41) is 2.81. The second-order valence-corrected chi connectivity index (χ2v) is 6.46. The molecule has 0 aliphatic heterocycles. The van der Waals surface area contributed by atoms with Crippen LogP contribution in [0, 0.1) is 5.92 Å². The molecule has 3 nitrogen and oxygen atoms in total. The van der Waals surface area contributed by atoms with E-state index >= 15 is 0 Å². The van der Waals surface area contributed by atoms with Gasteiger partial charge >= 0.3 is 0 Å². The molecule has 110 valence electrons. The predicted octanol–water partition coefficient (Wildman–Crippen LogP) is 4.07. The van der Waals surface area contributed by atoms with Gasteiger partial charge in [0.15, 0.2) is 0 Å². The highest BCUT2D eigenvalue weighted by molar-refractivity contribution is 7.13. The van der Waals surface area contributed by atoms with Crippen LogP contribution < -0.4 is 0 Å². The number of thiazole rings is 1. The number of aromatic nitrogens is 1. The largest absolute Gasteiger partial charge is 0.337 e. The highest BCUT2D eigenvalue weighted by Gasteiger charge is 2.27. The summed E-state index contributed by atoms with van der Waals surface area (Å²) < 4.78 is 0. The maximum Gasteiger partial charge on any atom is 0.273 e. The average molecular weight is 300 g/mol. The smallest absolute Gasteiger partial charge is 0.273 e. The van der Waals surface area contributed by atoms with Crippen molar-refractivity contribution in [2.45, 2.75) is 26.2 Å². The summed E-state index contributed by atoms with van der Waals surface area (Å²) in [4.78, 5) is 19.1. The zero-order valence-electron chi connectivity index (χ0n) is 12.3. The molecule has 21 heavy (non-hydrogen) atoms. The highest BCUT2D eigenvalue weighted by Crippen LogP contribution is 2.30. The summed E-state index contributed by atoms with van der Waals surface area (Å²) in [6.45, 7) is 3.84. The Morgan fingerprint density at radius 1 is 1.33 bits per heavy atom. The van der Waals surface area contributed by atoms with Crippen molar-refractivity contribution in [3.63, 3.8) is 0 Å². The summed E-state index contributed by atoms with van der Waals surface area (Å²) in [6.07, 6.45) is 3.52. The van der Waals surface area contributed by atoms with Gasteiger partial charge in [-0.1, -0.05) is 37.3 Å². The Morgan fingerprint density at radius 2 is 2.10 bits per heavy atom. The van der Waals surface area contributed by atoms with E-state index in [1.165, 1.54) is 12.8 Å². The van der Waals surface area contributed by atoms with Crippen LogP contribution in [0.2, 0.25) is 0 Å². The standard InChI is InChI=1S/C17H20N2OS/c1-2-10-19(11-13-8-9-13)17(20)15-12-21-16(18-15)14-6-4-3-5-7-14/h3-7,12-13H,2,8-11H2,1H3. The second kappa shape index (κ2) is 6.39. The number of hydrogen-bond donors (Lipinski definition) is 0. The van der Waals surface area contributed by atoms with E-state index in [1.54, 1.807) is 11.3 Å². The Balaban J connectivity index is 1.76. The first kappa shape index (κ1) is 14.3. The van der Waals surface area contributed by atoms with Crippen LogP contribution in [0.4, 0.5) is 0 Å². The number of nitrogens with zero attached hydrogens (tertiary/aromatic N) is 2. The Morgan fingerprint density at radius 3 is 2.76 bits per heavy atom. The van der Waals surface area contributed by atoms with Gasteiger partial charge in [-0.3, -0.25) is 4.79 Å². The van der Waals surface area contributed by atoms with Crippen LogP contribution >= 0.6 is 11.3 Å². The third kappa shape index (κ3) is 3.50. The molecule has 4 heteroatoms. The first-order chi connectivity index (χ1) is 10.3. The van der Waals surface area contributed by atoms with Gasteiger partial charge in [-0.2, -0.15) is 0 Å². The van der Waals surface area contributed by atoms with Crippen LogP contribution in [-0.4, -0.2) is 28.9 Å². The van der Waals surface area contributed by atoms with Crippen LogP contribution in [0.3, 0.4) is 0 Å². The first-order valence-electron chi connectivity index (χ1n) is 7.58. The minimum Gasteiger partial charge on any atom is -0.337 e. The van der Waals surface area contributed by atoms with E-state index in [1.807, 2.05) is 40.6 Å². The van der Waals surface area contributed by atoms with Gasteiger partial charge in [0, 0.05) is 24.0 Å². The third-order valence-corrected chi connectivity index (χ3v) is 4.59. The number of rotatable bonds is 6. The minimum absolute atomic E-state index is 0.0854. The van der Waals surface area contributed by atoms with Crippen molar-refractivity contribution in [1.82, 2.24) is 9.88 Å². The molecule has 1 aromatic carbocycles. The molecule has 2 aromatic rings. The molecule has 0 unspecified atom stereocenters. The molecule has 0 N–H and O–H groups in total. The summed E-state index contributed by atoms with van der Waals surface area (Å²) in [5.74, 6) is 0.801. The lowest BCUT2D eigenvalue weighted by atomic mass is 10.2. The Hall–Kier alpha value is -1.68. The van der Waals surface area contributed by atoms with Crippen molar-refractivity contribution in [2.75, 3.05) is 13.1 Å². The van der Waals surface area contributed by atoms with Crippen molar-refractivity contribution in [1.29, 1.82) is 0 Å². The fourth-order valence-corrected chi connectivity index (χ4v) is 3.21. The number of carbonyl (C=O) groups excluding carboxylic acids is 1. The Kier molecular flexibility index (Phi) is 4.34. The second-order valence-electron chi connectivity index (χ2n) is 5.60. The van der Waals surface area contributed by atoms with Gasteiger partial charge in [-0.05, 0) is 25.2 Å². The summed E-state index contributed by atoms with van der Waals surface area (Å²) >= 11 is 1.54. The van der Waals surface area contributed by atoms with Gasteiger partial charge in [0.05, 0.1) is 0 Å². The molecule has 1 amide bonds. The van der Waals surface area contributed by atoms with Crippen LogP contribution in [0.1, 0.15) is 36.7 Å². The van der Waals surface area contributed by atoms with E-state index in [9.17, 15) is 4.79 Å². The van der Waals surface area contributed by atoms with Gasteiger partial charge in [0.2, 0.25) is 0 Å². The molecule has 1 fully saturated rings. The molecular weight excluding hydrogens is 280 g/mol. The van der Waals surface area contributed by atoms with Crippen molar-refractivity contribution in [3.05, 3.63) is 41.4 Å². The van der Waals surface area contributed by atoms with E-state index in [0.717, 1.165) is 30.1 Å². The van der Waals surface area contributed by atoms with Crippen LogP contribution in [0.25, 0.3) is 10.6 Å². The normalized spacial score (nSPS) is 14.1.